The van der Waals surface area contributed by atoms with Crippen LogP contribution in [0.3, 0.4) is 0 Å². The summed E-state index contributed by atoms with van der Waals surface area (Å²) in [6.45, 7) is 12.1. The molecule has 0 saturated heterocycles. The van der Waals surface area contributed by atoms with Gasteiger partial charge in [0.2, 0.25) is 21.8 Å². The summed E-state index contributed by atoms with van der Waals surface area (Å²) in [7, 11) is -3.52. The van der Waals surface area contributed by atoms with E-state index in [2.05, 4.69) is 5.32 Å². The number of aryl methyl sites for hydroxylation is 3. The van der Waals surface area contributed by atoms with Crippen molar-refractivity contribution in [3.8, 4) is 0 Å². The number of benzene rings is 2. The van der Waals surface area contributed by atoms with Crippen molar-refractivity contribution in [1.82, 2.24) is 10.2 Å². The van der Waals surface area contributed by atoms with Gasteiger partial charge in [0.05, 0.1) is 11.9 Å². The number of carbonyl (C=O) groups is 2. The monoisotopic (exact) mass is 515 g/mol. The first-order valence-corrected chi connectivity index (χ1v) is 14.4. The maximum absolute atomic E-state index is 13.4. The van der Waals surface area contributed by atoms with Crippen molar-refractivity contribution >= 4 is 27.5 Å². The van der Waals surface area contributed by atoms with E-state index < -0.39 is 16.1 Å². The molecular formula is C28H41N3O4S. The van der Waals surface area contributed by atoms with E-state index in [4.69, 9.17) is 0 Å². The number of carbonyl (C=O) groups excluding carboxylic acids is 2. The van der Waals surface area contributed by atoms with Crippen molar-refractivity contribution < 1.29 is 18.0 Å². The minimum Gasteiger partial charge on any atom is -0.352 e. The fourth-order valence-electron chi connectivity index (χ4n) is 4.08. The number of nitrogens with one attached hydrogen (secondary N) is 1. The maximum atomic E-state index is 13.4. The quantitative estimate of drug-likeness (QED) is 0.451. The van der Waals surface area contributed by atoms with Gasteiger partial charge in [-0.1, -0.05) is 42.8 Å². The zero-order valence-corrected chi connectivity index (χ0v) is 23.5. The van der Waals surface area contributed by atoms with Gasteiger partial charge in [-0.15, -0.1) is 0 Å². The molecule has 0 unspecified atom stereocenters. The van der Waals surface area contributed by atoms with Crippen LogP contribution < -0.4 is 9.62 Å². The summed E-state index contributed by atoms with van der Waals surface area (Å²) in [6.07, 6.45) is 2.13. The van der Waals surface area contributed by atoms with Gasteiger partial charge in [0, 0.05) is 25.6 Å². The van der Waals surface area contributed by atoms with Crippen molar-refractivity contribution in [3.05, 3.63) is 64.7 Å². The van der Waals surface area contributed by atoms with Gasteiger partial charge in [0.25, 0.3) is 0 Å². The van der Waals surface area contributed by atoms with Crippen LogP contribution in [0.1, 0.15) is 62.3 Å². The first kappa shape index (κ1) is 29.4. The Morgan fingerprint density at radius 3 is 2.14 bits per heavy atom. The Morgan fingerprint density at radius 1 is 0.972 bits per heavy atom. The Balaban J connectivity index is 2.22. The SMILES string of the molecule is CC[C@H](C(=O)NC(C)C)N(Cc1ccc(C)cc1)C(=O)CCCN(c1ccc(C)c(C)c1)S(C)(=O)=O. The second-order valence-electron chi connectivity index (χ2n) is 9.80. The van der Waals surface area contributed by atoms with Crippen molar-refractivity contribution in [3.63, 3.8) is 0 Å². The van der Waals surface area contributed by atoms with Gasteiger partial charge < -0.3 is 10.2 Å². The van der Waals surface area contributed by atoms with E-state index in [9.17, 15) is 18.0 Å². The molecule has 2 amide bonds. The van der Waals surface area contributed by atoms with Crippen LogP contribution in [0.15, 0.2) is 42.5 Å². The van der Waals surface area contributed by atoms with Gasteiger partial charge in [-0.05, 0) is 76.3 Å². The lowest BCUT2D eigenvalue weighted by Gasteiger charge is -2.31. The third-order valence-corrected chi connectivity index (χ3v) is 7.42. The van der Waals surface area contributed by atoms with E-state index in [1.165, 1.54) is 10.6 Å². The highest BCUT2D eigenvalue weighted by molar-refractivity contribution is 7.92. The smallest absolute Gasteiger partial charge is 0.243 e. The first-order valence-electron chi connectivity index (χ1n) is 12.5. The predicted molar refractivity (Wildman–Crippen MR) is 146 cm³/mol. The number of amides is 2. The van der Waals surface area contributed by atoms with Crippen molar-refractivity contribution in [1.29, 1.82) is 0 Å². The lowest BCUT2D eigenvalue weighted by atomic mass is 10.1. The number of anilines is 1. The second-order valence-corrected chi connectivity index (χ2v) is 11.7. The first-order chi connectivity index (χ1) is 16.8. The van der Waals surface area contributed by atoms with Crippen molar-refractivity contribution in [2.24, 2.45) is 0 Å². The zero-order chi connectivity index (χ0) is 27.0. The number of hydrogen-bond donors (Lipinski definition) is 1. The second kappa shape index (κ2) is 12.9. The van der Waals surface area contributed by atoms with E-state index in [0.29, 0.717) is 25.1 Å². The lowest BCUT2D eigenvalue weighted by molar-refractivity contribution is -0.141. The molecule has 198 valence electrons. The van der Waals surface area contributed by atoms with E-state index in [1.54, 1.807) is 11.0 Å². The van der Waals surface area contributed by atoms with Crippen LogP contribution in [-0.2, 0) is 26.2 Å². The molecule has 0 bridgehead atoms. The molecule has 0 heterocycles. The predicted octanol–water partition coefficient (Wildman–Crippen LogP) is 4.49. The summed E-state index contributed by atoms with van der Waals surface area (Å²) >= 11 is 0. The van der Waals surface area contributed by atoms with E-state index in [1.807, 2.05) is 77.9 Å². The van der Waals surface area contributed by atoms with E-state index >= 15 is 0 Å². The summed E-state index contributed by atoms with van der Waals surface area (Å²) in [4.78, 5) is 28.0. The molecule has 7 nitrogen and oxygen atoms in total. The molecule has 1 N–H and O–H groups in total. The van der Waals surface area contributed by atoms with E-state index in [0.717, 1.165) is 22.3 Å². The molecule has 2 aromatic carbocycles. The Labute approximate surface area is 216 Å². The highest BCUT2D eigenvalue weighted by Crippen LogP contribution is 2.22. The van der Waals surface area contributed by atoms with Crippen LogP contribution >= 0.6 is 0 Å². The summed E-state index contributed by atoms with van der Waals surface area (Å²) in [5.74, 6) is -0.351. The highest BCUT2D eigenvalue weighted by atomic mass is 32.2. The summed E-state index contributed by atoms with van der Waals surface area (Å²) < 4.78 is 26.4. The zero-order valence-electron chi connectivity index (χ0n) is 22.7. The molecule has 0 aliphatic rings. The van der Waals surface area contributed by atoms with Gasteiger partial charge >= 0.3 is 0 Å². The molecule has 2 aromatic rings. The summed E-state index contributed by atoms with van der Waals surface area (Å²) in [5.41, 5.74) is 4.74. The number of hydrogen-bond acceptors (Lipinski definition) is 4. The van der Waals surface area contributed by atoms with Crippen molar-refractivity contribution in [2.75, 3.05) is 17.1 Å². The highest BCUT2D eigenvalue weighted by Gasteiger charge is 2.29. The molecule has 8 heteroatoms. The van der Waals surface area contributed by atoms with Gasteiger partial charge in [0.1, 0.15) is 6.04 Å². The number of nitrogens with zero attached hydrogens (tertiary/aromatic N) is 2. The van der Waals surface area contributed by atoms with Crippen molar-refractivity contribution in [2.45, 2.75) is 79.4 Å². The summed E-state index contributed by atoms with van der Waals surface area (Å²) in [6, 6.07) is 12.8. The van der Waals surface area contributed by atoms with Crippen LogP contribution in [0.2, 0.25) is 0 Å². The molecule has 36 heavy (non-hydrogen) atoms. The molecule has 0 spiro atoms. The summed E-state index contributed by atoms with van der Waals surface area (Å²) in [5, 5.41) is 2.93. The van der Waals surface area contributed by atoms with Crippen LogP contribution in [-0.4, -0.2) is 50.0 Å². The normalized spacial score (nSPS) is 12.3. The van der Waals surface area contributed by atoms with Crippen LogP contribution in [0.5, 0.6) is 0 Å². The molecule has 0 aromatic heterocycles. The molecule has 2 rings (SSSR count). The third-order valence-electron chi connectivity index (χ3n) is 6.22. The molecular weight excluding hydrogens is 474 g/mol. The van der Waals surface area contributed by atoms with E-state index in [-0.39, 0.29) is 30.8 Å². The molecule has 1 atom stereocenters. The average Bonchev–Trinajstić information content (AvgIpc) is 2.78. The fraction of sp³-hybridized carbons (Fsp3) is 0.500. The topological polar surface area (TPSA) is 86.8 Å². The largest absolute Gasteiger partial charge is 0.352 e. The Morgan fingerprint density at radius 2 is 1.61 bits per heavy atom. The van der Waals surface area contributed by atoms with Gasteiger partial charge in [-0.3, -0.25) is 13.9 Å². The third kappa shape index (κ3) is 8.36. The van der Waals surface area contributed by atoms with Gasteiger partial charge in [0.15, 0.2) is 0 Å². The van der Waals surface area contributed by atoms with Gasteiger partial charge in [-0.2, -0.15) is 0 Å². The molecule has 0 saturated carbocycles. The lowest BCUT2D eigenvalue weighted by Crippen LogP contribution is -2.50. The van der Waals surface area contributed by atoms with Crippen LogP contribution in [0.25, 0.3) is 0 Å². The average molecular weight is 516 g/mol. The molecule has 0 radical (unpaired) electrons. The number of sulfonamides is 1. The Bertz CT molecular complexity index is 1140. The fourth-order valence-corrected chi connectivity index (χ4v) is 5.03. The Hall–Kier alpha value is -2.87. The Kier molecular flexibility index (Phi) is 10.5. The molecule has 0 aliphatic heterocycles. The minimum atomic E-state index is -3.52. The molecule has 0 fully saturated rings. The number of rotatable bonds is 12. The maximum Gasteiger partial charge on any atom is 0.243 e. The molecule has 0 aliphatic carbocycles. The van der Waals surface area contributed by atoms with Gasteiger partial charge in [-0.25, -0.2) is 8.42 Å². The van der Waals surface area contributed by atoms with Crippen LogP contribution in [0, 0.1) is 20.8 Å². The standard InChI is InChI=1S/C28H41N3O4S/c1-8-26(28(33)29-20(2)3)30(19-24-14-11-21(4)12-15-24)27(32)10-9-17-31(36(7,34)35)25-16-13-22(5)23(6)18-25/h11-16,18,20,26H,8-10,17,19H2,1-7H3,(H,29,33)/t26-/m1/s1. The minimum absolute atomic E-state index is 0.0378. The van der Waals surface area contributed by atoms with Crippen LogP contribution in [0.4, 0.5) is 5.69 Å².